The van der Waals surface area contributed by atoms with Gasteiger partial charge in [0.25, 0.3) is 5.91 Å². The molecule has 2 aliphatic rings. The molecule has 0 saturated heterocycles. The van der Waals surface area contributed by atoms with Crippen molar-refractivity contribution in [1.29, 1.82) is 0 Å². The number of fused-ring (bicyclic) bond motifs is 1. The van der Waals surface area contributed by atoms with E-state index >= 15 is 0 Å². The Hall–Kier alpha value is -2.92. The Labute approximate surface area is 237 Å². The number of ether oxygens (including phenoxy) is 1. The second-order valence-electron chi connectivity index (χ2n) is 8.80. The van der Waals surface area contributed by atoms with Gasteiger partial charge in [-0.15, -0.1) is 10.2 Å². The summed E-state index contributed by atoms with van der Waals surface area (Å²) in [4.78, 5) is 25.7. The monoisotopic (exact) mass is 587 g/mol. The topological polar surface area (TPSA) is 111 Å². The van der Waals surface area contributed by atoms with Crippen molar-refractivity contribution in [2.45, 2.75) is 29.6 Å². The fraction of sp³-hybridized carbons (Fsp3) is 0.269. The molecule has 3 aromatic rings. The molecule has 2 aromatic carbocycles. The van der Waals surface area contributed by atoms with Crippen LogP contribution in [-0.4, -0.2) is 45.2 Å². The maximum Gasteiger partial charge on any atom is 0.316 e. The fourth-order valence-corrected chi connectivity index (χ4v) is 6.30. The molecule has 1 aliphatic heterocycles. The van der Waals surface area contributed by atoms with Crippen LogP contribution in [0, 0.1) is 5.92 Å². The van der Waals surface area contributed by atoms with Crippen LogP contribution in [0.2, 0.25) is 10.0 Å². The number of amides is 1. The summed E-state index contributed by atoms with van der Waals surface area (Å²) in [5, 5.41) is 15.5. The summed E-state index contributed by atoms with van der Waals surface area (Å²) in [5.41, 5.74) is 9.48. The minimum atomic E-state index is -0.534. The maximum atomic E-state index is 13.4. The van der Waals surface area contributed by atoms with Gasteiger partial charge in [0.05, 0.1) is 17.5 Å². The molecule has 2 N–H and O–H groups in total. The van der Waals surface area contributed by atoms with Crippen LogP contribution in [0.25, 0.3) is 6.08 Å². The number of anilines is 1. The molecule has 1 fully saturated rings. The van der Waals surface area contributed by atoms with E-state index in [4.69, 9.17) is 38.8 Å². The van der Waals surface area contributed by atoms with Crippen LogP contribution in [0.15, 0.2) is 63.5 Å². The molecule has 38 heavy (non-hydrogen) atoms. The first-order chi connectivity index (χ1) is 18.4. The smallest absolute Gasteiger partial charge is 0.316 e. The predicted octanol–water partition coefficient (Wildman–Crippen LogP) is 5.89. The lowest BCUT2D eigenvalue weighted by Gasteiger charge is -2.29. The highest BCUT2D eigenvalue weighted by atomic mass is 35.5. The van der Waals surface area contributed by atoms with Crippen molar-refractivity contribution in [3.8, 4) is 0 Å². The number of carbonyl (C=O) groups is 2. The maximum absolute atomic E-state index is 13.4. The zero-order valence-electron chi connectivity index (χ0n) is 20.0. The number of allylic oxidation sites excluding steroid dienone is 1. The average molecular weight is 589 g/mol. The molecule has 2 unspecified atom stereocenters. The van der Waals surface area contributed by atoms with Gasteiger partial charge in [-0.05, 0) is 66.3 Å². The van der Waals surface area contributed by atoms with Gasteiger partial charge in [-0.1, -0.05) is 70.6 Å². The van der Waals surface area contributed by atoms with Gasteiger partial charge in [0.15, 0.2) is 10.9 Å². The fourth-order valence-electron chi connectivity index (χ4n) is 4.61. The molecular formula is C26H23Cl2N5O3S2. The Kier molecular flexibility index (Phi) is 8.32. The van der Waals surface area contributed by atoms with Crippen LogP contribution in [0.5, 0.6) is 0 Å². The zero-order valence-corrected chi connectivity index (χ0v) is 23.2. The lowest BCUT2D eigenvalue weighted by atomic mass is 9.77. The van der Waals surface area contributed by atoms with E-state index < -0.39 is 18.5 Å². The molecule has 2 heterocycles. The third-order valence-corrected chi connectivity index (χ3v) is 8.63. The Morgan fingerprint density at radius 3 is 2.50 bits per heavy atom. The van der Waals surface area contributed by atoms with Gasteiger partial charge in [-0.25, -0.2) is 5.01 Å². The van der Waals surface area contributed by atoms with E-state index in [0.29, 0.717) is 19.5 Å². The van der Waals surface area contributed by atoms with Crippen molar-refractivity contribution >= 4 is 75.1 Å². The van der Waals surface area contributed by atoms with Crippen LogP contribution >= 0.6 is 46.3 Å². The Morgan fingerprint density at radius 2 is 1.82 bits per heavy atom. The lowest BCUT2D eigenvalue weighted by molar-refractivity contribution is -0.151. The third kappa shape index (κ3) is 6.20. The first-order valence-electron chi connectivity index (χ1n) is 11.9. The van der Waals surface area contributed by atoms with Crippen molar-refractivity contribution in [2.24, 2.45) is 11.0 Å². The largest absolute Gasteiger partial charge is 0.455 e. The Balaban J connectivity index is 1.35. The molecule has 1 saturated carbocycles. The van der Waals surface area contributed by atoms with Crippen LogP contribution in [0.3, 0.4) is 0 Å². The number of esters is 1. The molecule has 0 spiro atoms. The second kappa shape index (κ2) is 11.9. The predicted molar refractivity (Wildman–Crippen MR) is 151 cm³/mol. The van der Waals surface area contributed by atoms with Crippen molar-refractivity contribution in [2.75, 3.05) is 18.1 Å². The van der Waals surface area contributed by atoms with Gasteiger partial charge < -0.3 is 10.5 Å². The van der Waals surface area contributed by atoms with Crippen molar-refractivity contribution in [1.82, 2.24) is 15.2 Å². The summed E-state index contributed by atoms with van der Waals surface area (Å²) in [7, 11) is 0. The highest BCUT2D eigenvalue weighted by molar-refractivity contribution is 8.01. The second-order valence-corrected chi connectivity index (χ2v) is 11.9. The van der Waals surface area contributed by atoms with Crippen molar-refractivity contribution < 1.29 is 14.3 Å². The number of benzene rings is 2. The van der Waals surface area contributed by atoms with Gasteiger partial charge in [0.2, 0.25) is 5.13 Å². The Morgan fingerprint density at radius 1 is 1.11 bits per heavy atom. The Bertz CT molecular complexity index is 1390. The molecule has 12 heteroatoms. The number of rotatable bonds is 7. The number of hydrogen-bond acceptors (Lipinski definition) is 9. The molecule has 8 nitrogen and oxygen atoms in total. The molecule has 2 atom stereocenters. The van der Waals surface area contributed by atoms with E-state index in [0.717, 1.165) is 53.4 Å². The van der Waals surface area contributed by atoms with Crippen LogP contribution in [0.4, 0.5) is 5.13 Å². The number of nitrogens with two attached hydrogens (primary N) is 1. The van der Waals surface area contributed by atoms with E-state index in [1.54, 1.807) is 0 Å². The number of carbonyl (C=O) groups excluding carboxylic acids is 2. The van der Waals surface area contributed by atoms with E-state index in [1.807, 2.05) is 48.5 Å². The van der Waals surface area contributed by atoms with E-state index in [2.05, 4.69) is 16.3 Å². The van der Waals surface area contributed by atoms with E-state index in [-0.39, 0.29) is 17.7 Å². The lowest BCUT2D eigenvalue weighted by Crippen LogP contribution is -2.34. The summed E-state index contributed by atoms with van der Waals surface area (Å²) in [6.07, 6.45) is 4.81. The summed E-state index contributed by atoms with van der Waals surface area (Å²) in [6.45, 7) is -0.415. The molecule has 1 aliphatic carbocycles. The number of hydrogen-bond donors (Lipinski definition) is 1. The van der Waals surface area contributed by atoms with Gasteiger partial charge >= 0.3 is 5.97 Å². The van der Waals surface area contributed by atoms with Crippen LogP contribution in [-0.2, 0) is 14.3 Å². The molecule has 196 valence electrons. The SMILES string of the molecule is Nc1nnc(SCC(=O)OCC(=O)N2N=C3C(=Cc4ccc(Cl)cc4)CCCC3C2c2ccc(Cl)cc2)s1. The first kappa shape index (κ1) is 26.7. The van der Waals surface area contributed by atoms with Crippen molar-refractivity contribution in [3.63, 3.8) is 0 Å². The molecular weight excluding hydrogens is 565 g/mol. The van der Waals surface area contributed by atoms with E-state index in [9.17, 15) is 9.59 Å². The summed E-state index contributed by atoms with van der Waals surface area (Å²) < 4.78 is 5.85. The van der Waals surface area contributed by atoms with Crippen molar-refractivity contribution in [3.05, 3.63) is 75.3 Å². The normalized spacial score (nSPS) is 19.8. The van der Waals surface area contributed by atoms with E-state index in [1.165, 1.54) is 16.3 Å². The summed E-state index contributed by atoms with van der Waals surface area (Å²) in [6, 6.07) is 14.8. The molecule has 0 bridgehead atoms. The number of nitrogens with zero attached hydrogens (tertiary/aromatic N) is 4. The van der Waals surface area contributed by atoms with Crippen LogP contribution < -0.4 is 5.73 Å². The summed E-state index contributed by atoms with van der Waals surface area (Å²) >= 11 is 14.5. The molecule has 1 aromatic heterocycles. The number of thioether (sulfide) groups is 1. The van der Waals surface area contributed by atoms with Gasteiger partial charge in [-0.2, -0.15) is 5.10 Å². The minimum absolute atomic E-state index is 0.00630. The molecule has 1 amide bonds. The van der Waals surface area contributed by atoms with Gasteiger partial charge in [-0.3, -0.25) is 9.59 Å². The van der Waals surface area contributed by atoms with Crippen LogP contribution in [0.1, 0.15) is 36.4 Å². The molecule has 0 radical (unpaired) electrons. The highest BCUT2D eigenvalue weighted by Gasteiger charge is 2.43. The number of aromatic nitrogens is 2. The minimum Gasteiger partial charge on any atom is -0.455 e. The highest BCUT2D eigenvalue weighted by Crippen LogP contribution is 2.44. The zero-order chi connectivity index (χ0) is 26.6. The quantitative estimate of drug-likeness (QED) is 0.271. The standard InChI is InChI=1S/C26H23Cl2N5O3S2/c27-18-8-4-15(5-9-18)12-17-2-1-3-20-23(17)32-33(24(20)16-6-10-19(28)11-7-16)21(34)13-36-22(35)14-37-26-31-30-25(29)38-26/h4-12,20,24H,1-3,13-14H2,(H2,29,30). The average Bonchev–Trinajstić information content (AvgIpc) is 3.52. The van der Waals surface area contributed by atoms with Gasteiger partial charge in [0, 0.05) is 16.0 Å². The first-order valence-corrected chi connectivity index (χ1v) is 14.4. The van der Waals surface area contributed by atoms with Gasteiger partial charge in [0.1, 0.15) is 0 Å². The summed E-state index contributed by atoms with van der Waals surface area (Å²) in [5.74, 6) is -0.918. The number of halogens is 2. The number of nitrogen functional groups attached to an aromatic ring is 1. The third-order valence-electron chi connectivity index (χ3n) is 6.27. The number of hydrazone groups is 1. The molecule has 5 rings (SSSR count).